The number of likely N-dealkylation sites (N-methyl/N-ethyl adjacent to an activating group) is 2. The predicted molar refractivity (Wildman–Crippen MR) is 125 cm³/mol. The molecule has 7 nitrogen and oxygen atoms in total. The zero-order valence-electron chi connectivity index (χ0n) is 19.6. The molecule has 32 heavy (non-hydrogen) atoms. The van der Waals surface area contributed by atoms with Gasteiger partial charge in [0.05, 0.1) is 19.7 Å². The molecule has 0 aromatic heterocycles. The monoisotopic (exact) mass is 441 g/mol. The Morgan fingerprint density at radius 3 is 2.19 bits per heavy atom. The highest BCUT2D eigenvalue weighted by atomic mass is 16.5. The van der Waals surface area contributed by atoms with Crippen LogP contribution >= 0.6 is 0 Å². The molecule has 2 aromatic carbocycles. The zero-order chi connectivity index (χ0) is 23.3. The van der Waals surface area contributed by atoms with Gasteiger partial charge in [-0.15, -0.1) is 0 Å². The van der Waals surface area contributed by atoms with Gasteiger partial charge < -0.3 is 19.3 Å². The van der Waals surface area contributed by atoms with Crippen LogP contribution < -0.4 is 4.74 Å². The Morgan fingerprint density at radius 2 is 1.53 bits per heavy atom. The quantitative estimate of drug-likeness (QED) is 0.352. The second-order valence-electron chi connectivity index (χ2n) is 8.22. The molecule has 0 fully saturated rings. The van der Waals surface area contributed by atoms with Crippen molar-refractivity contribution >= 4 is 11.9 Å². The van der Waals surface area contributed by atoms with Crippen molar-refractivity contribution in [1.29, 1.82) is 0 Å². The molecule has 0 saturated heterocycles. The minimum Gasteiger partial charge on any atom is -0.494 e. The van der Waals surface area contributed by atoms with Crippen LogP contribution in [0.4, 0.5) is 0 Å². The lowest BCUT2D eigenvalue weighted by atomic mass is 10.2. The van der Waals surface area contributed by atoms with Crippen molar-refractivity contribution in [2.24, 2.45) is 0 Å². The molecule has 0 heterocycles. The highest BCUT2D eigenvalue weighted by Gasteiger charge is 2.15. The standard InChI is InChI=1S/C25H35N3O4/c1-26(2)15-8-16-31-23-13-11-21(12-14-23)17-28(4)24(29)18-27(3)19-25(30)32-20-22-9-6-5-7-10-22/h5-7,9-14H,8,15-20H2,1-4H3. The second-order valence-corrected chi connectivity index (χ2v) is 8.22. The molecule has 2 rings (SSSR count). The van der Waals surface area contributed by atoms with Gasteiger partial charge in [-0.1, -0.05) is 42.5 Å². The SMILES string of the molecule is CN(C)CCCOc1ccc(CN(C)C(=O)CN(C)CC(=O)OCc2ccccc2)cc1. The molecule has 1 amide bonds. The van der Waals surface area contributed by atoms with E-state index in [4.69, 9.17) is 9.47 Å². The highest BCUT2D eigenvalue weighted by Crippen LogP contribution is 2.14. The van der Waals surface area contributed by atoms with Gasteiger partial charge >= 0.3 is 5.97 Å². The third-order valence-electron chi connectivity index (χ3n) is 4.83. The Hall–Kier alpha value is -2.90. The van der Waals surface area contributed by atoms with Crippen molar-refractivity contribution in [3.63, 3.8) is 0 Å². The van der Waals surface area contributed by atoms with E-state index < -0.39 is 0 Å². The number of benzene rings is 2. The Balaban J connectivity index is 1.69. The van der Waals surface area contributed by atoms with Crippen molar-refractivity contribution in [1.82, 2.24) is 14.7 Å². The molecule has 0 aliphatic carbocycles. The maximum absolute atomic E-state index is 12.5. The van der Waals surface area contributed by atoms with Crippen molar-refractivity contribution in [3.8, 4) is 5.75 Å². The summed E-state index contributed by atoms with van der Waals surface area (Å²) < 4.78 is 11.0. The van der Waals surface area contributed by atoms with Gasteiger partial charge in [0.25, 0.3) is 0 Å². The molecule has 2 aromatic rings. The Kier molecular flexibility index (Phi) is 10.7. The molecule has 0 N–H and O–H groups in total. The average molecular weight is 442 g/mol. The van der Waals surface area contributed by atoms with E-state index in [-0.39, 0.29) is 31.6 Å². The zero-order valence-corrected chi connectivity index (χ0v) is 19.6. The number of ether oxygens (including phenoxy) is 2. The van der Waals surface area contributed by atoms with E-state index in [9.17, 15) is 9.59 Å². The van der Waals surface area contributed by atoms with Gasteiger partial charge in [0, 0.05) is 20.1 Å². The normalized spacial score (nSPS) is 10.9. The molecule has 0 bridgehead atoms. The first kappa shape index (κ1) is 25.4. The van der Waals surface area contributed by atoms with Gasteiger partial charge in [-0.05, 0) is 50.8 Å². The van der Waals surface area contributed by atoms with Crippen molar-refractivity contribution in [2.75, 3.05) is 54.4 Å². The van der Waals surface area contributed by atoms with E-state index in [1.165, 1.54) is 0 Å². The van der Waals surface area contributed by atoms with Crippen molar-refractivity contribution < 1.29 is 19.1 Å². The highest BCUT2D eigenvalue weighted by molar-refractivity contribution is 5.79. The number of carbonyl (C=O) groups is 2. The summed E-state index contributed by atoms with van der Waals surface area (Å²) in [7, 11) is 7.58. The fourth-order valence-corrected chi connectivity index (χ4v) is 3.04. The van der Waals surface area contributed by atoms with Gasteiger partial charge in [-0.2, -0.15) is 0 Å². The first-order chi connectivity index (χ1) is 15.3. The molecule has 0 atom stereocenters. The third-order valence-corrected chi connectivity index (χ3v) is 4.83. The van der Waals surface area contributed by atoms with E-state index in [1.807, 2.05) is 68.7 Å². The minimum absolute atomic E-state index is 0.0618. The summed E-state index contributed by atoms with van der Waals surface area (Å²) in [5, 5.41) is 0. The van der Waals surface area contributed by atoms with Crippen LogP contribution in [0.1, 0.15) is 17.5 Å². The summed E-state index contributed by atoms with van der Waals surface area (Å²) in [4.78, 5) is 30.0. The van der Waals surface area contributed by atoms with Gasteiger partial charge in [0.2, 0.25) is 5.91 Å². The summed E-state index contributed by atoms with van der Waals surface area (Å²) >= 11 is 0. The van der Waals surface area contributed by atoms with Crippen LogP contribution in [-0.2, 0) is 27.5 Å². The molecule has 0 aliphatic rings. The van der Waals surface area contributed by atoms with Crippen LogP contribution in [0.2, 0.25) is 0 Å². The van der Waals surface area contributed by atoms with Crippen LogP contribution in [-0.4, -0.2) is 81.0 Å². The van der Waals surface area contributed by atoms with Crippen molar-refractivity contribution in [2.45, 2.75) is 19.6 Å². The molecule has 0 aliphatic heterocycles. The van der Waals surface area contributed by atoms with Crippen LogP contribution in [0.3, 0.4) is 0 Å². The van der Waals surface area contributed by atoms with E-state index >= 15 is 0 Å². The van der Waals surface area contributed by atoms with Crippen LogP contribution in [0, 0.1) is 0 Å². The molecular weight excluding hydrogens is 406 g/mol. The van der Waals surface area contributed by atoms with Crippen LogP contribution in [0.5, 0.6) is 5.75 Å². The lowest BCUT2D eigenvalue weighted by molar-refractivity contribution is -0.146. The number of hydrogen-bond donors (Lipinski definition) is 0. The van der Waals surface area contributed by atoms with E-state index in [1.54, 1.807) is 23.9 Å². The summed E-state index contributed by atoms with van der Waals surface area (Å²) in [6, 6.07) is 17.3. The van der Waals surface area contributed by atoms with Gasteiger partial charge in [-0.25, -0.2) is 0 Å². The molecule has 0 saturated carbocycles. The number of carbonyl (C=O) groups excluding carboxylic acids is 2. The average Bonchev–Trinajstić information content (AvgIpc) is 2.76. The Labute approximate surface area is 191 Å². The molecule has 174 valence electrons. The molecule has 0 unspecified atom stereocenters. The van der Waals surface area contributed by atoms with Crippen LogP contribution in [0.25, 0.3) is 0 Å². The van der Waals surface area contributed by atoms with Gasteiger partial charge in [0.15, 0.2) is 0 Å². The van der Waals surface area contributed by atoms with E-state index in [0.29, 0.717) is 13.2 Å². The smallest absolute Gasteiger partial charge is 0.320 e. The summed E-state index contributed by atoms with van der Waals surface area (Å²) in [5.74, 6) is 0.413. The minimum atomic E-state index is -0.354. The van der Waals surface area contributed by atoms with Crippen LogP contribution in [0.15, 0.2) is 54.6 Å². The Morgan fingerprint density at radius 1 is 0.844 bits per heavy atom. The maximum Gasteiger partial charge on any atom is 0.320 e. The summed E-state index contributed by atoms with van der Waals surface area (Å²) in [6.07, 6.45) is 0.972. The largest absolute Gasteiger partial charge is 0.494 e. The summed E-state index contributed by atoms with van der Waals surface area (Å²) in [5.41, 5.74) is 1.95. The first-order valence-corrected chi connectivity index (χ1v) is 10.8. The topological polar surface area (TPSA) is 62.3 Å². The van der Waals surface area contributed by atoms with E-state index in [0.717, 1.165) is 29.8 Å². The van der Waals surface area contributed by atoms with Gasteiger partial charge in [-0.3, -0.25) is 14.5 Å². The molecular formula is C25H35N3O4. The third kappa shape index (κ3) is 9.94. The van der Waals surface area contributed by atoms with Crippen molar-refractivity contribution in [3.05, 3.63) is 65.7 Å². The number of nitrogens with zero attached hydrogens (tertiary/aromatic N) is 3. The number of esters is 1. The fourth-order valence-electron chi connectivity index (χ4n) is 3.04. The van der Waals surface area contributed by atoms with Gasteiger partial charge in [0.1, 0.15) is 12.4 Å². The number of hydrogen-bond acceptors (Lipinski definition) is 6. The van der Waals surface area contributed by atoms with E-state index in [2.05, 4.69) is 4.90 Å². The number of rotatable bonds is 13. The molecule has 0 radical (unpaired) electrons. The second kappa shape index (κ2) is 13.5. The molecule has 7 heteroatoms. The predicted octanol–water partition coefficient (Wildman–Crippen LogP) is 2.65. The lowest BCUT2D eigenvalue weighted by Crippen LogP contribution is -2.38. The first-order valence-electron chi connectivity index (χ1n) is 10.8. The summed E-state index contributed by atoms with van der Waals surface area (Å²) in [6.45, 7) is 2.60. The molecule has 0 spiro atoms. The maximum atomic E-state index is 12.5. The fraction of sp³-hybridized carbons (Fsp3) is 0.440. The number of amides is 1. The Bertz CT molecular complexity index is 825. The lowest BCUT2D eigenvalue weighted by Gasteiger charge is -2.21.